The molecule has 1 aliphatic rings. The van der Waals surface area contributed by atoms with E-state index in [1.54, 1.807) is 12.3 Å². The van der Waals surface area contributed by atoms with Crippen LogP contribution in [0.3, 0.4) is 0 Å². The summed E-state index contributed by atoms with van der Waals surface area (Å²) in [5.41, 5.74) is 7.77. The molecule has 1 aromatic rings. The second-order valence-corrected chi connectivity index (χ2v) is 5.96. The third-order valence-electron chi connectivity index (χ3n) is 4.09. The number of aromatic nitrogens is 1. The van der Waals surface area contributed by atoms with E-state index in [0.717, 1.165) is 12.2 Å². The molecule has 1 fully saturated rings. The molecular weight excluding hydrogens is 238 g/mol. The molecule has 0 aromatic carbocycles. The summed E-state index contributed by atoms with van der Waals surface area (Å²) >= 11 is 0. The van der Waals surface area contributed by atoms with Gasteiger partial charge in [-0.15, -0.1) is 0 Å². The lowest BCUT2D eigenvalue weighted by Gasteiger charge is -2.33. The molecule has 3 N–H and O–H groups in total. The van der Waals surface area contributed by atoms with E-state index in [1.165, 1.54) is 32.1 Å². The minimum absolute atomic E-state index is 0.0656. The van der Waals surface area contributed by atoms with Gasteiger partial charge in [-0.2, -0.15) is 0 Å². The summed E-state index contributed by atoms with van der Waals surface area (Å²) < 4.78 is 0. The molecule has 2 rings (SSSR count). The number of anilines is 1. The fraction of sp³-hybridized carbons (Fsp3) is 0.600. The van der Waals surface area contributed by atoms with E-state index in [2.05, 4.69) is 17.2 Å². The first-order valence-electron chi connectivity index (χ1n) is 7.00. The number of carbonyl (C=O) groups excluding carboxylic acids is 1. The van der Waals surface area contributed by atoms with Gasteiger partial charge >= 0.3 is 0 Å². The first-order valence-corrected chi connectivity index (χ1v) is 7.00. The van der Waals surface area contributed by atoms with Crippen molar-refractivity contribution in [2.45, 2.75) is 46.0 Å². The normalized spacial score (nSPS) is 18.0. The van der Waals surface area contributed by atoms with Gasteiger partial charge in [0.05, 0.1) is 23.1 Å². The summed E-state index contributed by atoms with van der Waals surface area (Å²) in [5.74, 6) is -0.0656. The molecule has 0 spiro atoms. The molecule has 104 valence electrons. The van der Waals surface area contributed by atoms with E-state index in [0.29, 0.717) is 11.3 Å². The number of hydrogen-bond donors (Lipinski definition) is 2. The summed E-state index contributed by atoms with van der Waals surface area (Å²) in [7, 11) is 0. The van der Waals surface area contributed by atoms with E-state index in [4.69, 9.17) is 5.73 Å². The van der Waals surface area contributed by atoms with Gasteiger partial charge in [-0.1, -0.05) is 26.2 Å². The van der Waals surface area contributed by atoms with Crippen LogP contribution in [0.4, 0.5) is 5.69 Å². The van der Waals surface area contributed by atoms with Crippen molar-refractivity contribution in [2.24, 2.45) is 5.41 Å². The predicted molar refractivity (Wildman–Crippen MR) is 76.9 cm³/mol. The fourth-order valence-electron chi connectivity index (χ4n) is 2.75. The Kier molecular flexibility index (Phi) is 4.08. The summed E-state index contributed by atoms with van der Waals surface area (Å²) in [6.45, 7) is 4.83. The number of nitrogens with two attached hydrogens (primary N) is 1. The van der Waals surface area contributed by atoms with Crippen molar-refractivity contribution in [1.82, 2.24) is 10.3 Å². The topological polar surface area (TPSA) is 68.0 Å². The van der Waals surface area contributed by atoms with Gasteiger partial charge < -0.3 is 11.1 Å². The van der Waals surface area contributed by atoms with E-state index in [-0.39, 0.29) is 11.3 Å². The number of carbonyl (C=O) groups is 1. The molecule has 0 aliphatic heterocycles. The highest BCUT2D eigenvalue weighted by atomic mass is 16.1. The molecule has 19 heavy (non-hydrogen) atoms. The molecule has 4 heteroatoms. The second-order valence-electron chi connectivity index (χ2n) is 5.96. The Balaban J connectivity index is 1.99. The number of hydrogen-bond acceptors (Lipinski definition) is 3. The van der Waals surface area contributed by atoms with Crippen LogP contribution in [0.5, 0.6) is 0 Å². The number of nitrogen functional groups attached to an aromatic ring is 1. The van der Waals surface area contributed by atoms with Gasteiger partial charge in [0.1, 0.15) is 0 Å². The van der Waals surface area contributed by atoms with Crippen LogP contribution in [0.15, 0.2) is 12.3 Å². The van der Waals surface area contributed by atoms with Gasteiger partial charge in [0, 0.05) is 6.54 Å². The number of pyridine rings is 1. The SMILES string of the molecule is Cc1ncc(N)cc1C(=O)NCC1(C)CCCCC1. The molecule has 1 aromatic heterocycles. The molecule has 0 atom stereocenters. The van der Waals surface area contributed by atoms with Gasteiger partial charge in [0.15, 0.2) is 0 Å². The minimum atomic E-state index is -0.0656. The quantitative estimate of drug-likeness (QED) is 0.879. The molecule has 1 amide bonds. The largest absolute Gasteiger partial charge is 0.397 e. The summed E-state index contributed by atoms with van der Waals surface area (Å²) in [5, 5.41) is 3.04. The number of rotatable bonds is 3. The molecule has 0 unspecified atom stereocenters. The molecule has 1 heterocycles. The monoisotopic (exact) mass is 261 g/mol. The zero-order valence-electron chi connectivity index (χ0n) is 11.8. The van der Waals surface area contributed by atoms with Gasteiger partial charge in [-0.3, -0.25) is 9.78 Å². The van der Waals surface area contributed by atoms with Crippen molar-refractivity contribution >= 4 is 11.6 Å². The Labute approximate surface area is 114 Å². The average Bonchev–Trinajstić information content (AvgIpc) is 2.40. The van der Waals surface area contributed by atoms with E-state index < -0.39 is 0 Å². The van der Waals surface area contributed by atoms with Gasteiger partial charge in [0.2, 0.25) is 0 Å². The summed E-state index contributed by atoms with van der Waals surface area (Å²) in [4.78, 5) is 16.3. The minimum Gasteiger partial charge on any atom is -0.397 e. The summed E-state index contributed by atoms with van der Waals surface area (Å²) in [6, 6.07) is 1.70. The smallest absolute Gasteiger partial charge is 0.253 e. The number of nitrogens with zero attached hydrogens (tertiary/aromatic N) is 1. The Morgan fingerprint density at radius 1 is 1.42 bits per heavy atom. The first-order chi connectivity index (χ1) is 9.00. The maximum absolute atomic E-state index is 12.2. The Morgan fingerprint density at radius 2 is 2.11 bits per heavy atom. The van der Waals surface area contributed by atoms with Crippen LogP contribution in [0, 0.1) is 12.3 Å². The van der Waals surface area contributed by atoms with Gasteiger partial charge in [-0.25, -0.2) is 0 Å². The van der Waals surface area contributed by atoms with Crippen molar-refractivity contribution in [3.63, 3.8) is 0 Å². The average molecular weight is 261 g/mol. The van der Waals surface area contributed by atoms with Crippen molar-refractivity contribution < 1.29 is 4.79 Å². The molecule has 0 bridgehead atoms. The third-order valence-corrected chi connectivity index (χ3v) is 4.09. The lowest BCUT2D eigenvalue weighted by molar-refractivity contribution is 0.0918. The second kappa shape index (κ2) is 5.59. The van der Waals surface area contributed by atoms with E-state index >= 15 is 0 Å². The Bertz CT molecular complexity index is 464. The van der Waals surface area contributed by atoms with Crippen molar-refractivity contribution in [2.75, 3.05) is 12.3 Å². The number of amides is 1. The maximum atomic E-state index is 12.2. The highest BCUT2D eigenvalue weighted by Crippen LogP contribution is 2.34. The molecule has 1 aliphatic carbocycles. The molecule has 4 nitrogen and oxygen atoms in total. The highest BCUT2D eigenvalue weighted by molar-refractivity contribution is 5.95. The lowest BCUT2D eigenvalue weighted by atomic mass is 9.76. The van der Waals surface area contributed by atoms with Crippen molar-refractivity contribution in [1.29, 1.82) is 0 Å². The Morgan fingerprint density at radius 3 is 2.79 bits per heavy atom. The number of nitrogens with one attached hydrogen (secondary N) is 1. The van der Waals surface area contributed by atoms with Crippen LogP contribution in [0.1, 0.15) is 55.1 Å². The van der Waals surface area contributed by atoms with E-state index in [1.807, 2.05) is 6.92 Å². The van der Waals surface area contributed by atoms with E-state index in [9.17, 15) is 4.79 Å². The third kappa shape index (κ3) is 3.46. The standard InChI is InChI=1S/C15H23N3O/c1-11-13(8-12(16)9-17-11)14(19)18-10-15(2)6-4-3-5-7-15/h8-9H,3-7,10,16H2,1-2H3,(H,18,19). The van der Waals surface area contributed by atoms with Crippen LogP contribution in [-0.2, 0) is 0 Å². The Hall–Kier alpha value is -1.58. The van der Waals surface area contributed by atoms with Crippen molar-refractivity contribution in [3.05, 3.63) is 23.5 Å². The van der Waals surface area contributed by atoms with Crippen LogP contribution < -0.4 is 11.1 Å². The first kappa shape index (κ1) is 13.8. The van der Waals surface area contributed by atoms with Crippen LogP contribution in [0.2, 0.25) is 0 Å². The van der Waals surface area contributed by atoms with Gasteiger partial charge in [-0.05, 0) is 31.2 Å². The summed E-state index contributed by atoms with van der Waals surface area (Å²) in [6.07, 6.45) is 7.83. The number of aryl methyl sites for hydroxylation is 1. The predicted octanol–water partition coefficient (Wildman–Crippen LogP) is 2.67. The van der Waals surface area contributed by atoms with Crippen molar-refractivity contribution in [3.8, 4) is 0 Å². The highest BCUT2D eigenvalue weighted by Gasteiger charge is 2.27. The zero-order chi connectivity index (χ0) is 13.9. The molecule has 0 saturated heterocycles. The molecule has 1 saturated carbocycles. The zero-order valence-corrected chi connectivity index (χ0v) is 11.8. The van der Waals surface area contributed by atoms with Crippen LogP contribution in [0.25, 0.3) is 0 Å². The van der Waals surface area contributed by atoms with Crippen LogP contribution in [-0.4, -0.2) is 17.4 Å². The van der Waals surface area contributed by atoms with Crippen LogP contribution >= 0.6 is 0 Å². The lowest BCUT2D eigenvalue weighted by Crippen LogP contribution is -2.37. The maximum Gasteiger partial charge on any atom is 0.253 e. The fourth-order valence-corrected chi connectivity index (χ4v) is 2.75. The molecular formula is C15H23N3O. The molecule has 0 radical (unpaired) electrons. The van der Waals surface area contributed by atoms with Gasteiger partial charge in [0.25, 0.3) is 5.91 Å².